The quantitative estimate of drug-likeness (QED) is 0.665. The Labute approximate surface area is 110 Å². The SMILES string of the molecule is NNC(c1cccc(OC(F)(F)F)c1)c1cnsn1. The van der Waals surface area contributed by atoms with E-state index in [0.29, 0.717) is 11.3 Å². The lowest BCUT2D eigenvalue weighted by Gasteiger charge is -2.15. The lowest BCUT2D eigenvalue weighted by Crippen LogP contribution is -2.29. The molecule has 1 unspecified atom stereocenters. The number of ether oxygens (including phenoxy) is 1. The van der Waals surface area contributed by atoms with Crippen LogP contribution in [-0.2, 0) is 0 Å². The molecule has 0 radical (unpaired) electrons. The van der Waals surface area contributed by atoms with Crippen LogP contribution >= 0.6 is 11.7 Å². The molecule has 102 valence electrons. The van der Waals surface area contributed by atoms with Crippen LogP contribution in [0.3, 0.4) is 0 Å². The van der Waals surface area contributed by atoms with Crippen molar-refractivity contribution in [3.63, 3.8) is 0 Å². The molecule has 2 aromatic rings. The molecule has 0 aliphatic carbocycles. The molecule has 0 aliphatic heterocycles. The smallest absolute Gasteiger partial charge is 0.406 e. The summed E-state index contributed by atoms with van der Waals surface area (Å²) in [5.74, 6) is 5.09. The van der Waals surface area contributed by atoms with E-state index in [1.807, 2.05) is 0 Å². The zero-order valence-electron chi connectivity index (χ0n) is 9.39. The molecule has 1 aromatic heterocycles. The highest BCUT2D eigenvalue weighted by Crippen LogP contribution is 2.27. The summed E-state index contributed by atoms with van der Waals surface area (Å²) in [5.41, 5.74) is 3.50. The predicted octanol–water partition coefficient (Wildman–Crippen LogP) is 1.99. The summed E-state index contributed by atoms with van der Waals surface area (Å²) >= 11 is 0.985. The van der Waals surface area contributed by atoms with Gasteiger partial charge in [-0.05, 0) is 17.7 Å². The number of nitrogens with one attached hydrogen (secondary N) is 1. The van der Waals surface area contributed by atoms with Crippen molar-refractivity contribution in [1.29, 1.82) is 0 Å². The second kappa shape index (κ2) is 5.51. The van der Waals surface area contributed by atoms with Gasteiger partial charge in [-0.3, -0.25) is 5.84 Å². The second-order valence-electron chi connectivity index (χ2n) is 3.55. The van der Waals surface area contributed by atoms with Gasteiger partial charge in [0.05, 0.1) is 29.7 Å². The number of aromatic nitrogens is 2. The summed E-state index contributed by atoms with van der Waals surface area (Å²) in [6.45, 7) is 0. The Bertz CT molecular complexity index is 532. The van der Waals surface area contributed by atoms with E-state index in [1.165, 1.54) is 24.4 Å². The minimum absolute atomic E-state index is 0.312. The Hall–Kier alpha value is -1.71. The molecule has 0 aliphatic rings. The van der Waals surface area contributed by atoms with Crippen LogP contribution in [0.15, 0.2) is 30.5 Å². The fourth-order valence-corrected chi connectivity index (χ4v) is 1.99. The summed E-state index contributed by atoms with van der Waals surface area (Å²) in [6, 6.07) is 4.98. The van der Waals surface area contributed by atoms with Gasteiger partial charge in [-0.25, -0.2) is 5.43 Å². The zero-order chi connectivity index (χ0) is 13.9. The first-order valence-electron chi connectivity index (χ1n) is 5.09. The molecule has 2 rings (SSSR count). The largest absolute Gasteiger partial charge is 0.573 e. The maximum Gasteiger partial charge on any atom is 0.573 e. The third kappa shape index (κ3) is 3.63. The first-order valence-corrected chi connectivity index (χ1v) is 5.82. The van der Waals surface area contributed by atoms with Crippen LogP contribution in [0.4, 0.5) is 13.2 Å². The first-order chi connectivity index (χ1) is 8.99. The monoisotopic (exact) mass is 290 g/mol. The van der Waals surface area contributed by atoms with Gasteiger partial charge in [-0.2, -0.15) is 8.75 Å². The fourth-order valence-electron chi connectivity index (χ4n) is 1.54. The minimum atomic E-state index is -4.73. The summed E-state index contributed by atoms with van der Waals surface area (Å²) < 4.78 is 48.1. The molecule has 0 amide bonds. The molecule has 0 saturated heterocycles. The van der Waals surface area contributed by atoms with E-state index in [0.717, 1.165) is 11.7 Å². The van der Waals surface area contributed by atoms with Gasteiger partial charge >= 0.3 is 6.36 Å². The van der Waals surface area contributed by atoms with E-state index in [9.17, 15) is 13.2 Å². The summed E-state index contributed by atoms with van der Waals surface area (Å²) in [5, 5.41) is 0. The van der Waals surface area contributed by atoms with Crippen LogP contribution in [0, 0.1) is 0 Å². The number of hydrogen-bond donors (Lipinski definition) is 2. The Morgan fingerprint density at radius 1 is 1.37 bits per heavy atom. The van der Waals surface area contributed by atoms with E-state index in [4.69, 9.17) is 5.84 Å². The topological polar surface area (TPSA) is 73.1 Å². The number of benzene rings is 1. The van der Waals surface area contributed by atoms with Crippen molar-refractivity contribution in [2.75, 3.05) is 0 Å². The molecule has 0 fully saturated rings. The Morgan fingerprint density at radius 2 is 2.16 bits per heavy atom. The van der Waals surface area contributed by atoms with Gasteiger partial charge in [0.2, 0.25) is 0 Å². The normalized spacial score (nSPS) is 13.3. The summed E-state index contributed by atoms with van der Waals surface area (Å²) in [7, 11) is 0. The highest BCUT2D eigenvalue weighted by molar-refractivity contribution is 6.99. The highest BCUT2D eigenvalue weighted by atomic mass is 32.1. The van der Waals surface area contributed by atoms with Crippen molar-refractivity contribution < 1.29 is 17.9 Å². The van der Waals surface area contributed by atoms with Gasteiger partial charge in [0.1, 0.15) is 5.75 Å². The van der Waals surface area contributed by atoms with Crippen LogP contribution in [0.5, 0.6) is 5.75 Å². The predicted molar refractivity (Wildman–Crippen MR) is 62.2 cm³/mol. The third-order valence-corrected chi connectivity index (χ3v) is 2.76. The Balaban J connectivity index is 2.27. The van der Waals surface area contributed by atoms with E-state index < -0.39 is 12.4 Å². The number of rotatable bonds is 4. The molecule has 5 nitrogen and oxygen atoms in total. The van der Waals surface area contributed by atoms with Crippen LogP contribution < -0.4 is 16.0 Å². The molecule has 0 bridgehead atoms. The maximum absolute atomic E-state index is 12.1. The average molecular weight is 290 g/mol. The van der Waals surface area contributed by atoms with E-state index in [2.05, 4.69) is 18.9 Å². The molecule has 1 atom stereocenters. The lowest BCUT2D eigenvalue weighted by atomic mass is 10.0. The van der Waals surface area contributed by atoms with Crippen LogP contribution in [-0.4, -0.2) is 15.1 Å². The van der Waals surface area contributed by atoms with Crippen molar-refractivity contribution in [2.24, 2.45) is 5.84 Å². The van der Waals surface area contributed by atoms with Gasteiger partial charge in [0, 0.05) is 0 Å². The van der Waals surface area contributed by atoms with Crippen LogP contribution in [0.25, 0.3) is 0 Å². The molecule has 0 saturated carbocycles. The maximum atomic E-state index is 12.1. The molecular weight excluding hydrogens is 281 g/mol. The van der Waals surface area contributed by atoms with Gasteiger partial charge in [-0.1, -0.05) is 12.1 Å². The van der Waals surface area contributed by atoms with Crippen molar-refractivity contribution >= 4 is 11.7 Å². The standard InChI is InChI=1S/C10H9F3N4OS/c11-10(12,13)18-7-3-1-2-6(4-7)9(16-14)8-5-15-19-17-8/h1-5,9,16H,14H2. The van der Waals surface area contributed by atoms with Gasteiger partial charge < -0.3 is 4.74 Å². The fraction of sp³-hybridized carbons (Fsp3) is 0.200. The van der Waals surface area contributed by atoms with E-state index in [1.54, 1.807) is 6.07 Å². The number of halogens is 3. The molecule has 3 N–H and O–H groups in total. The van der Waals surface area contributed by atoms with Crippen molar-refractivity contribution in [2.45, 2.75) is 12.4 Å². The third-order valence-electron chi connectivity index (χ3n) is 2.27. The molecule has 1 aromatic carbocycles. The highest BCUT2D eigenvalue weighted by Gasteiger charge is 2.31. The summed E-state index contributed by atoms with van der Waals surface area (Å²) in [4.78, 5) is 0. The minimum Gasteiger partial charge on any atom is -0.406 e. The molecule has 19 heavy (non-hydrogen) atoms. The van der Waals surface area contributed by atoms with Crippen molar-refractivity contribution in [3.05, 3.63) is 41.7 Å². The van der Waals surface area contributed by atoms with Gasteiger partial charge in [0.25, 0.3) is 0 Å². The lowest BCUT2D eigenvalue weighted by molar-refractivity contribution is -0.274. The number of nitrogens with two attached hydrogens (primary N) is 1. The number of hydrazine groups is 1. The van der Waals surface area contributed by atoms with Gasteiger partial charge in [-0.15, -0.1) is 13.2 Å². The average Bonchev–Trinajstić information content (AvgIpc) is 2.82. The Kier molecular flexibility index (Phi) is 3.98. The summed E-state index contributed by atoms with van der Waals surface area (Å²) in [6.07, 6.45) is -3.24. The Morgan fingerprint density at radius 3 is 2.74 bits per heavy atom. The first kappa shape index (κ1) is 13.7. The molecule has 0 spiro atoms. The van der Waals surface area contributed by atoms with Crippen molar-refractivity contribution in [1.82, 2.24) is 14.2 Å². The van der Waals surface area contributed by atoms with Gasteiger partial charge in [0.15, 0.2) is 0 Å². The molecular formula is C10H9F3N4OS. The number of hydrogen-bond acceptors (Lipinski definition) is 6. The van der Waals surface area contributed by atoms with E-state index in [-0.39, 0.29) is 5.75 Å². The molecule has 9 heteroatoms. The van der Waals surface area contributed by atoms with E-state index >= 15 is 0 Å². The zero-order valence-corrected chi connectivity index (χ0v) is 10.2. The van der Waals surface area contributed by atoms with Crippen molar-refractivity contribution in [3.8, 4) is 5.75 Å². The number of nitrogens with zero attached hydrogens (tertiary/aromatic N) is 2. The number of alkyl halides is 3. The van der Waals surface area contributed by atoms with Crippen LogP contribution in [0.2, 0.25) is 0 Å². The molecule has 1 heterocycles. The second-order valence-corrected chi connectivity index (χ2v) is 4.11. The van der Waals surface area contributed by atoms with Crippen LogP contribution in [0.1, 0.15) is 17.3 Å².